The molecule has 0 radical (unpaired) electrons. The van der Waals surface area contributed by atoms with Crippen LogP contribution in [0.2, 0.25) is 5.02 Å². The van der Waals surface area contributed by atoms with Gasteiger partial charge in [0.05, 0.1) is 21.8 Å². The number of halogens is 4. The summed E-state index contributed by atoms with van der Waals surface area (Å²) in [6.45, 7) is 4.82. The number of piperazine rings is 1. The van der Waals surface area contributed by atoms with Crippen LogP contribution in [0.3, 0.4) is 0 Å². The second-order valence-corrected chi connectivity index (χ2v) is 12.4. The van der Waals surface area contributed by atoms with Gasteiger partial charge in [0, 0.05) is 69.6 Å². The highest BCUT2D eigenvalue weighted by atomic mass is 35.5. The Morgan fingerprint density at radius 1 is 1.04 bits per heavy atom. The van der Waals surface area contributed by atoms with E-state index in [-0.39, 0.29) is 51.2 Å². The minimum Gasteiger partial charge on any atom is -0.359 e. The van der Waals surface area contributed by atoms with E-state index in [0.29, 0.717) is 26.2 Å². The van der Waals surface area contributed by atoms with Gasteiger partial charge in [0.1, 0.15) is 0 Å². The molecule has 3 aromatic rings. The third kappa shape index (κ3) is 6.41. The number of rotatable bonds is 6. The number of piperidine rings is 1. The number of carbonyl (C=O) groups is 3. The Labute approximate surface area is 279 Å². The van der Waals surface area contributed by atoms with Crippen LogP contribution in [0, 0.1) is 5.92 Å². The first-order valence-corrected chi connectivity index (χ1v) is 15.8. The van der Waals surface area contributed by atoms with Crippen molar-refractivity contribution < 1.29 is 27.6 Å². The van der Waals surface area contributed by atoms with E-state index in [1.165, 1.54) is 61.7 Å². The first-order valence-electron chi connectivity index (χ1n) is 15.4. The lowest BCUT2D eigenvalue weighted by Crippen LogP contribution is -2.56. The summed E-state index contributed by atoms with van der Waals surface area (Å²) in [5, 5.41) is 12.7. The van der Waals surface area contributed by atoms with Gasteiger partial charge < -0.3 is 30.7 Å². The second kappa shape index (κ2) is 13.1. The van der Waals surface area contributed by atoms with Crippen LogP contribution in [-0.2, 0) is 15.8 Å². The van der Waals surface area contributed by atoms with Gasteiger partial charge in [-0.15, -0.1) is 0 Å². The summed E-state index contributed by atoms with van der Waals surface area (Å²) >= 11 is 6.52. The van der Waals surface area contributed by atoms with Crippen molar-refractivity contribution in [2.24, 2.45) is 5.92 Å². The van der Waals surface area contributed by atoms with E-state index in [2.05, 4.69) is 31.0 Å². The highest BCUT2D eigenvalue weighted by Crippen LogP contribution is 2.38. The number of nitrogens with zero attached hydrogens (tertiary/aromatic N) is 7. The third-order valence-electron chi connectivity index (χ3n) is 9.00. The van der Waals surface area contributed by atoms with Crippen LogP contribution in [0.5, 0.6) is 0 Å². The van der Waals surface area contributed by atoms with Crippen molar-refractivity contribution in [3.05, 3.63) is 70.9 Å². The van der Waals surface area contributed by atoms with Gasteiger partial charge in [-0.1, -0.05) is 11.6 Å². The Morgan fingerprint density at radius 3 is 2.35 bits per heavy atom. The van der Waals surface area contributed by atoms with E-state index in [9.17, 15) is 27.6 Å². The maximum atomic E-state index is 14.0. The molecule has 1 unspecified atom stereocenters. The summed E-state index contributed by atoms with van der Waals surface area (Å²) in [5.41, 5.74) is -2.34. The molecule has 1 aromatic carbocycles. The van der Waals surface area contributed by atoms with Crippen molar-refractivity contribution in [2.75, 3.05) is 51.6 Å². The van der Waals surface area contributed by atoms with Crippen molar-refractivity contribution in [1.29, 1.82) is 0 Å². The van der Waals surface area contributed by atoms with Gasteiger partial charge in [-0.3, -0.25) is 14.4 Å². The van der Waals surface area contributed by atoms with Gasteiger partial charge in [0.2, 0.25) is 11.9 Å². The molecule has 5 heterocycles. The summed E-state index contributed by atoms with van der Waals surface area (Å²) in [6.07, 6.45) is 2.08. The molecule has 2 aromatic heterocycles. The smallest absolute Gasteiger partial charge is 0.359 e. The van der Waals surface area contributed by atoms with Crippen molar-refractivity contribution in [1.82, 2.24) is 45.1 Å². The van der Waals surface area contributed by atoms with E-state index >= 15 is 0 Å². The zero-order chi connectivity index (χ0) is 34.2. The van der Waals surface area contributed by atoms with Gasteiger partial charge in [-0.25, -0.2) is 14.6 Å². The fraction of sp³-hybridized carbons (Fsp3) is 0.419. The van der Waals surface area contributed by atoms with E-state index in [1.54, 1.807) is 4.90 Å². The molecule has 6 rings (SSSR count). The molecule has 3 N–H and O–H groups in total. The number of hydrogen-bond donors (Lipinski definition) is 3. The van der Waals surface area contributed by atoms with Crippen LogP contribution < -0.4 is 16.0 Å². The molecule has 48 heavy (non-hydrogen) atoms. The molecule has 0 saturated carbocycles. The van der Waals surface area contributed by atoms with Gasteiger partial charge >= 0.3 is 6.18 Å². The summed E-state index contributed by atoms with van der Waals surface area (Å²) in [6, 6.07) is 6.02. The molecule has 3 aliphatic rings. The average molecular weight is 687 g/mol. The maximum Gasteiger partial charge on any atom is 0.435 e. The molecular formula is C31H34ClF3N10O3. The first kappa shape index (κ1) is 33.2. The Morgan fingerprint density at radius 2 is 1.71 bits per heavy atom. The fourth-order valence-electron chi connectivity index (χ4n) is 6.05. The number of anilines is 1. The normalized spacial score (nSPS) is 20.4. The summed E-state index contributed by atoms with van der Waals surface area (Å²) in [4.78, 5) is 52.5. The monoisotopic (exact) mass is 686 g/mol. The lowest BCUT2D eigenvalue weighted by Gasteiger charge is -2.37. The predicted molar refractivity (Wildman–Crippen MR) is 170 cm³/mol. The van der Waals surface area contributed by atoms with Crippen LogP contribution in [0.15, 0.2) is 49.1 Å². The SMILES string of the molecule is CN1C(c2cn(-c3ncccn3)nc2C(F)(F)F)=CNC1(C)C(=O)Nc1ccc(C(=O)N2CCN(C(=O)C3CCNCC3)CC2)c(Cl)c1. The molecule has 254 valence electrons. The Kier molecular flexibility index (Phi) is 9.04. The van der Waals surface area contributed by atoms with Crippen LogP contribution >= 0.6 is 11.6 Å². The molecule has 0 aliphatic carbocycles. The molecule has 1 atom stereocenters. The number of hydrogen-bond acceptors (Lipinski definition) is 9. The van der Waals surface area contributed by atoms with Crippen LogP contribution in [0.4, 0.5) is 18.9 Å². The third-order valence-corrected chi connectivity index (χ3v) is 9.32. The maximum absolute atomic E-state index is 14.0. The molecule has 17 heteroatoms. The zero-order valence-corrected chi connectivity index (χ0v) is 27.0. The second-order valence-electron chi connectivity index (χ2n) is 12.0. The van der Waals surface area contributed by atoms with E-state index in [0.717, 1.165) is 36.8 Å². The summed E-state index contributed by atoms with van der Waals surface area (Å²) in [5.74, 6) is -0.772. The van der Waals surface area contributed by atoms with Crippen molar-refractivity contribution in [3.8, 4) is 5.95 Å². The topological polar surface area (TPSA) is 141 Å². The predicted octanol–water partition coefficient (Wildman–Crippen LogP) is 2.81. The van der Waals surface area contributed by atoms with E-state index in [1.807, 2.05) is 4.90 Å². The van der Waals surface area contributed by atoms with Crippen molar-refractivity contribution in [2.45, 2.75) is 31.6 Å². The van der Waals surface area contributed by atoms with Crippen LogP contribution in [0.25, 0.3) is 11.6 Å². The molecule has 3 aliphatic heterocycles. The Balaban J connectivity index is 1.11. The standard InChI is InChI=1S/C31H34ClF3N10O3/c1-30(39-17-24(42(30)2)22-18-45(29-37-8-3-9-38-29)41-25(22)31(33,34)35)28(48)40-20-4-5-21(23(32)16-20)27(47)44-14-12-43(13-15-44)26(46)19-6-10-36-11-7-19/h3-5,8-9,16-19,36,39H,6-7,10-15H2,1-2H3,(H,40,48). The highest BCUT2D eigenvalue weighted by molar-refractivity contribution is 6.34. The molecule has 2 saturated heterocycles. The van der Waals surface area contributed by atoms with Crippen molar-refractivity contribution in [3.63, 3.8) is 0 Å². The number of aromatic nitrogens is 4. The molecule has 13 nitrogen and oxygen atoms in total. The van der Waals surface area contributed by atoms with E-state index in [4.69, 9.17) is 11.6 Å². The molecule has 2 fully saturated rings. The number of likely N-dealkylation sites (N-methyl/N-ethyl adjacent to an activating group) is 1. The number of nitrogens with one attached hydrogen (secondary N) is 3. The van der Waals surface area contributed by atoms with Gasteiger partial charge in [0.15, 0.2) is 11.4 Å². The quantitative estimate of drug-likeness (QED) is 0.357. The number of benzene rings is 1. The molecule has 0 bridgehead atoms. The number of alkyl halides is 3. The Hall–Kier alpha value is -4.70. The lowest BCUT2D eigenvalue weighted by molar-refractivity contribution is -0.141. The lowest BCUT2D eigenvalue weighted by atomic mass is 9.96. The summed E-state index contributed by atoms with van der Waals surface area (Å²) < 4.78 is 43.1. The molecule has 0 spiro atoms. The Bertz CT molecular complexity index is 1740. The largest absolute Gasteiger partial charge is 0.435 e. The zero-order valence-electron chi connectivity index (χ0n) is 26.2. The summed E-state index contributed by atoms with van der Waals surface area (Å²) in [7, 11) is 1.48. The van der Waals surface area contributed by atoms with Crippen molar-refractivity contribution >= 4 is 40.7 Å². The van der Waals surface area contributed by atoms with Gasteiger partial charge in [-0.05, 0) is 57.1 Å². The number of carbonyl (C=O) groups excluding carboxylic acids is 3. The van der Waals surface area contributed by atoms with Gasteiger partial charge in [0.25, 0.3) is 11.8 Å². The minimum absolute atomic E-state index is 0.0145. The first-order chi connectivity index (χ1) is 22.9. The minimum atomic E-state index is -4.80. The molecule has 3 amide bonds. The fourth-order valence-corrected chi connectivity index (χ4v) is 6.31. The van der Waals surface area contributed by atoms with Crippen LogP contribution in [-0.4, -0.2) is 104 Å². The molecular weight excluding hydrogens is 653 g/mol. The average Bonchev–Trinajstić information content (AvgIpc) is 3.67. The van der Waals surface area contributed by atoms with Crippen LogP contribution in [0.1, 0.15) is 41.4 Å². The highest BCUT2D eigenvalue weighted by Gasteiger charge is 2.46. The number of amides is 3. The van der Waals surface area contributed by atoms with Gasteiger partial charge in [-0.2, -0.15) is 18.3 Å². The van der Waals surface area contributed by atoms with E-state index < -0.39 is 23.4 Å².